The van der Waals surface area contributed by atoms with Gasteiger partial charge in [-0.25, -0.2) is 0 Å². The summed E-state index contributed by atoms with van der Waals surface area (Å²) in [7, 11) is 0. The zero-order valence-electron chi connectivity index (χ0n) is 12.1. The first-order valence-electron chi connectivity index (χ1n) is 7.69. The highest BCUT2D eigenvalue weighted by atomic mass is 15.3. The van der Waals surface area contributed by atoms with Gasteiger partial charge in [-0.2, -0.15) is 5.10 Å². The maximum atomic E-state index is 6.07. The first kappa shape index (κ1) is 13.1. The predicted molar refractivity (Wildman–Crippen MR) is 76.9 cm³/mol. The van der Waals surface area contributed by atoms with E-state index in [0.29, 0.717) is 18.6 Å². The largest absolute Gasteiger partial charge is 0.329 e. The summed E-state index contributed by atoms with van der Waals surface area (Å²) >= 11 is 0. The van der Waals surface area contributed by atoms with Gasteiger partial charge in [-0.1, -0.05) is 0 Å². The maximum absolute atomic E-state index is 6.07. The van der Waals surface area contributed by atoms with Crippen LogP contribution in [0.25, 0.3) is 0 Å². The van der Waals surface area contributed by atoms with Crippen LogP contribution in [0.1, 0.15) is 57.2 Å². The third kappa shape index (κ3) is 3.00. The molecule has 2 saturated carbocycles. The van der Waals surface area contributed by atoms with Crippen molar-refractivity contribution in [1.82, 2.24) is 14.7 Å². The molecular weight excluding hydrogens is 236 g/mol. The van der Waals surface area contributed by atoms with Crippen LogP contribution < -0.4 is 5.73 Å². The molecule has 1 atom stereocenters. The fourth-order valence-electron chi connectivity index (χ4n) is 2.81. The molecule has 2 N–H and O–H groups in total. The Morgan fingerprint density at radius 1 is 1.37 bits per heavy atom. The number of aromatic nitrogens is 2. The molecule has 2 aliphatic rings. The topological polar surface area (TPSA) is 47.1 Å². The molecule has 0 bridgehead atoms. The Morgan fingerprint density at radius 3 is 2.58 bits per heavy atom. The summed E-state index contributed by atoms with van der Waals surface area (Å²) in [5, 5.41) is 4.48. The third-order valence-corrected chi connectivity index (χ3v) is 4.34. The molecule has 2 fully saturated rings. The highest BCUT2D eigenvalue weighted by Gasteiger charge is 2.37. The molecule has 19 heavy (non-hydrogen) atoms. The SMILES string of the molecule is CC(C)n1cc(C(CN)N(CC2CC2)C2CC2)cn1. The summed E-state index contributed by atoms with van der Waals surface area (Å²) < 4.78 is 2.04. The molecule has 4 heteroatoms. The van der Waals surface area contributed by atoms with Gasteiger partial charge in [0, 0.05) is 36.9 Å². The van der Waals surface area contributed by atoms with Crippen LogP contribution in [0.15, 0.2) is 12.4 Å². The van der Waals surface area contributed by atoms with Crippen LogP contribution in [0.3, 0.4) is 0 Å². The van der Waals surface area contributed by atoms with E-state index in [1.807, 2.05) is 10.9 Å². The smallest absolute Gasteiger partial charge is 0.0538 e. The van der Waals surface area contributed by atoms with Gasteiger partial charge in [0.15, 0.2) is 0 Å². The van der Waals surface area contributed by atoms with E-state index in [9.17, 15) is 0 Å². The second-order valence-electron chi connectivity index (χ2n) is 6.47. The summed E-state index contributed by atoms with van der Waals surface area (Å²) in [5.41, 5.74) is 7.37. The van der Waals surface area contributed by atoms with Crippen molar-refractivity contribution in [1.29, 1.82) is 0 Å². The van der Waals surface area contributed by atoms with Gasteiger partial charge in [0.25, 0.3) is 0 Å². The van der Waals surface area contributed by atoms with Gasteiger partial charge in [-0.3, -0.25) is 9.58 Å². The molecule has 2 aliphatic carbocycles. The van der Waals surface area contributed by atoms with Crippen molar-refractivity contribution < 1.29 is 0 Å². The Bertz CT molecular complexity index is 418. The van der Waals surface area contributed by atoms with E-state index in [1.54, 1.807) is 0 Å². The highest BCUT2D eigenvalue weighted by molar-refractivity contribution is 5.13. The van der Waals surface area contributed by atoms with Crippen molar-refractivity contribution in [3.63, 3.8) is 0 Å². The number of nitrogens with zero attached hydrogens (tertiary/aromatic N) is 3. The Labute approximate surface area is 116 Å². The second kappa shape index (κ2) is 5.25. The summed E-state index contributed by atoms with van der Waals surface area (Å²) in [6.07, 6.45) is 9.71. The number of nitrogens with two attached hydrogens (primary N) is 1. The molecule has 1 heterocycles. The number of rotatable bonds is 7. The lowest BCUT2D eigenvalue weighted by atomic mass is 10.1. The van der Waals surface area contributed by atoms with Crippen molar-refractivity contribution in [2.24, 2.45) is 11.7 Å². The summed E-state index contributed by atoms with van der Waals surface area (Å²) in [4.78, 5) is 2.65. The van der Waals surface area contributed by atoms with Crippen molar-refractivity contribution >= 4 is 0 Å². The van der Waals surface area contributed by atoms with Crippen LogP contribution in [-0.2, 0) is 0 Å². The monoisotopic (exact) mass is 262 g/mol. The lowest BCUT2D eigenvalue weighted by molar-refractivity contribution is 0.182. The zero-order chi connectivity index (χ0) is 13.4. The molecular formula is C15H26N4. The summed E-state index contributed by atoms with van der Waals surface area (Å²) in [6.45, 7) is 6.26. The van der Waals surface area contributed by atoms with Crippen molar-refractivity contribution in [2.45, 2.75) is 57.7 Å². The standard InChI is InChI=1S/C15H26N4/c1-11(2)19-10-13(8-17-19)15(7-16)18(14-5-6-14)9-12-3-4-12/h8,10-12,14-15H,3-7,9,16H2,1-2H3. The van der Waals surface area contributed by atoms with E-state index in [-0.39, 0.29) is 0 Å². The van der Waals surface area contributed by atoms with Gasteiger partial charge < -0.3 is 5.73 Å². The first-order valence-corrected chi connectivity index (χ1v) is 7.69. The predicted octanol–water partition coefficient (Wildman–Crippen LogP) is 2.34. The minimum Gasteiger partial charge on any atom is -0.329 e. The fourth-order valence-corrected chi connectivity index (χ4v) is 2.81. The lowest BCUT2D eigenvalue weighted by Gasteiger charge is -2.30. The summed E-state index contributed by atoms with van der Waals surface area (Å²) in [6, 6.07) is 1.56. The second-order valence-corrected chi connectivity index (χ2v) is 6.47. The molecule has 106 valence electrons. The molecule has 1 aromatic heterocycles. The van der Waals surface area contributed by atoms with Crippen molar-refractivity contribution in [3.05, 3.63) is 18.0 Å². The zero-order valence-corrected chi connectivity index (χ0v) is 12.1. The van der Waals surface area contributed by atoms with E-state index >= 15 is 0 Å². The van der Waals surface area contributed by atoms with E-state index < -0.39 is 0 Å². The van der Waals surface area contributed by atoms with Crippen molar-refractivity contribution in [3.8, 4) is 0 Å². The molecule has 0 saturated heterocycles. The minimum atomic E-state index is 0.362. The van der Waals surface area contributed by atoms with Gasteiger partial charge in [-0.05, 0) is 45.4 Å². The van der Waals surface area contributed by atoms with Gasteiger partial charge in [0.2, 0.25) is 0 Å². The Morgan fingerprint density at radius 2 is 2.11 bits per heavy atom. The Balaban J connectivity index is 1.75. The first-order chi connectivity index (χ1) is 9.19. The normalized spacial score (nSPS) is 21.3. The van der Waals surface area contributed by atoms with Crippen molar-refractivity contribution in [2.75, 3.05) is 13.1 Å². The van der Waals surface area contributed by atoms with Crippen LogP contribution in [-0.4, -0.2) is 33.8 Å². The van der Waals surface area contributed by atoms with E-state index in [4.69, 9.17) is 5.73 Å². The molecule has 0 aromatic carbocycles. The van der Waals surface area contributed by atoms with Crippen LogP contribution in [0, 0.1) is 5.92 Å². The van der Waals surface area contributed by atoms with E-state index in [2.05, 4.69) is 30.0 Å². The molecule has 4 nitrogen and oxygen atoms in total. The summed E-state index contributed by atoms with van der Waals surface area (Å²) in [5.74, 6) is 0.926. The molecule has 0 spiro atoms. The van der Waals surface area contributed by atoms with Crippen LogP contribution in [0.2, 0.25) is 0 Å². The van der Waals surface area contributed by atoms with Gasteiger partial charge >= 0.3 is 0 Å². The number of hydrogen-bond acceptors (Lipinski definition) is 3. The molecule has 0 aliphatic heterocycles. The Kier molecular flexibility index (Phi) is 3.63. The molecule has 1 aromatic rings. The molecule has 1 unspecified atom stereocenters. The third-order valence-electron chi connectivity index (χ3n) is 4.34. The van der Waals surface area contributed by atoms with E-state index in [0.717, 1.165) is 12.0 Å². The Hall–Kier alpha value is -0.870. The van der Waals surface area contributed by atoms with Gasteiger partial charge in [0.1, 0.15) is 0 Å². The fraction of sp³-hybridized carbons (Fsp3) is 0.800. The quantitative estimate of drug-likeness (QED) is 0.820. The van der Waals surface area contributed by atoms with Crippen LogP contribution in [0.5, 0.6) is 0 Å². The van der Waals surface area contributed by atoms with Gasteiger partial charge in [0.05, 0.1) is 12.2 Å². The van der Waals surface area contributed by atoms with Crippen LogP contribution >= 0.6 is 0 Å². The number of hydrogen-bond donors (Lipinski definition) is 1. The van der Waals surface area contributed by atoms with Gasteiger partial charge in [-0.15, -0.1) is 0 Å². The molecule has 0 radical (unpaired) electrons. The van der Waals surface area contributed by atoms with Crippen LogP contribution in [0.4, 0.5) is 0 Å². The maximum Gasteiger partial charge on any atom is 0.0538 e. The molecule has 0 amide bonds. The average molecular weight is 262 g/mol. The van der Waals surface area contributed by atoms with E-state index in [1.165, 1.54) is 37.8 Å². The lowest BCUT2D eigenvalue weighted by Crippen LogP contribution is -2.36. The highest BCUT2D eigenvalue weighted by Crippen LogP contribution is 2.39. The average Bonchev–Trinajstić information content (AvgIpc) is 3.29. The minimum absolute atomic E-state index is 0.362. The molecule has 3 rings (SSSR count).